The second-order valence-electron chi connectivity index (χ2n) is 2.63. The van der Waals surface area contributed by atoms with Gasteiger partial charge in [-0.25, -0.2) is 4.98 Å². The van der Waals surface area contributed by atoms with Crippen LogP contribution in [0.1, 0.15) is 30.0 Å². The van der Waals surface area contributed by atoms with E-state index in [0.29, 0.717) is 18.3 Å². The smallest absolute Gasteiger partial charge is 0.200 e. The van der Waals surface area contributed by atoms with Crippen molar-refractivity contribution in [1.82, 2.24) is 9.55 Å². The molecule has 0 saturated carbocycles. The third kappa shape index (κ3) is 0.546. The first-order valence-electron chi connectivity index (χ1n) is 3.35. The molecule has 0 fully saturated rings. The minimum absolute atomic E-state index is 0.164. The maximum atomic E-state index is 11.1. The Morgan fingerprint density at radius 1 is 1.80 bits per heavy atom. The van der Waals surface area contributed by atoms with Gasteiger partial charge in [-0.3, -0.25) is 4.79 Å². The molecule has 1 atom stereocenters. The second-order valence-corrected chi connectivity index (χ2v) is 2.63. The lowest BCUT2D eigenvalue weighted by atomic mass is 10.2. The van der Waals surface area contributed by atoms with Crippen LogP contribution in [0.5, 0.6) is 0 Å². The highest BCUT2D eigenvalue weighted by molar-refractivity contribution is 5.95. The van der Waals surface area contributed by atoms with E-state index in [0.717, 1.165) is 0 Å². The summed E-state index contributed by atoms with van der Waals surface area (Å²) in [5.74, 6) is 0.782. The Morgan fingerprint density at radius 3 is 3.30 bits per heavy atom. The Morgan fingerprint density at radius 2 is 2.60 bits per heavy atom. The maximum Gasteiger partial charge on any atom is 0.200 e. The third-order valence-corrected chi connectivity index (χ3v) is 1.87. The number of carbonyl (C=O) groups is 1. The summed E-state index contributed by atoms with van der Waals surface area (Å²) < 4.78 is 1.92. The second kappa shape index (κ2) is 1.68. The van der Waals surface area contributed by atoms with Crippen LogP contribution in [0.15, 0.2) is 12.4 Å². The summed E-state index contributed by atoms with van der Waals surface area (Å²) in [4.78, 5) is 15.0. The zero-order valence-corrected chi connectivity index (χ0v) is 5.74. The van der Waals surface area contributed by atoms with E-state index in [1.54, 1.807) is 6.20 Å². The highest BCUT2D eigenvalue weighted by Crippen LogP contribution is 2.22. The number of nitrogens with zero attached hydrogens (tertiary/aromatic N) is 2. The Hall–Kier alpha value is -1.12. The predicted octanol–water partition coefficient (Wildman–Crippen LogP) is 1.03. The quantitative estimate of drug-likeness (QED) is 0.534. The van der Waals surface area contributed by atoms with Gasteiger partial charge < -0.3 is 4.57 Å². The molecule has 3 heteroatoms. The molecule has 1 aromatic heterocycles. The third-order valence-electron chi connectivity index (χ3n) is 1.87. The van der Waals surface area contributed by atoms with Crippen molar-refractivity contribution in [3.8, 4) is 0 Å². The molecule has 10 heavy (non-hydrogen) atoms. The van der Waals surface area contributed by atoms with Crippen LogP contribution in [0.2, 0.25) is 0 Å². The first-order chi connectivity index (χ1) is 4.79. The van der Waals surface area contributed by atoms with Gasteiger partial charge in [-0.2, -0.15) is 0 Å². The van der Waals surface area contributed by atoms with Crippen LogP contribution < -0.4 is 0 Å². The fourth-order valence-corrected chi connectivity index (χ4v) is 1.34. The Labute approximate surface area is 58.7 Å². The molecule has 0 amide bonds. The molecule has 1 aromatic rings. The molecule has 52 valence electrons. The molecule has 0 N–H and O–H groups in total. The molecule has 0 aliphatic carbocycles. The summed E-state index contributed by atoms with van der Waals surface area (Å²) in [6.45, 7) is 2.02. The summed E-state index contributed by atoms with van der Waals surface area (Å²) in [6.07, 6.45) is 4.14. The van der Waals surface area contributed by atoms with Crippen LogP contribution >= 0.6 is 0 Å². The highest BCUT2D eigenvalue weighted by Gasteiger charge is 2.25. The number of ketones is 1. The molecule has 0 unspecified atom stereocenters. The van der Waals surface area contributed by atoms with Gasteiger partial charge in [-0.1, -0.05) is 0 Å². The van der Waals surface area contributed by atoms with E-state index in [-0.39, 0.29) is 5.78 Å². The minimum Gasteiger partial charge on any atom is -0.325 e. The molecular formula is C7H8N2O. The number of imidazole rings is 1. The van der Waals surface area contributed by atoms with Gasteiger partial charge in [-0.05, 0) is 6.92 Å². The molecule has 2 heterocycles. The highest BCUT2D eigenvalue weighted by atomic mass is 16.1. The van der Waals surface area contributed by atoms with E-state index in [1.807, 2.05) is 17.7 Å². The summed E-state index contributed by atoms with van der Waals surface area (Å²) in [5, 5.41) is 0. The fraction of sp³-hybridized carbons (Fsp3) is 0.429. The van der Waals surface area contributed by atoms with Crippen LogP contribution in [-0.2, 0) is 0 Å². The molecule has 0 spiro atoms. The van der Waals surface area contributed by atoms with E-state index in [9.17, 15) is 4.79 Å². The van der Waals surface area contributed by atoms with Crippen molar-refractivity contribution in [2.75, 3.05) is 0 Å². The first kappa shape index (κ1) is 5.65. The molecule has 0 saturated heterocycles. The Kier molecular flexibility index (Phi) is 0.952. The van der Waals surface area contributed by atoms with Crippen LogP contribution in [0.4, 0.5) is 0 Å². The van der Waals surface area contributed by atoms with E-state index >= 15 is 0 Å². The van der Waals surface area contributed by atoms with Gasteiger partial charge >= 0.3 is 0 Å². The lowest BCUT2D eigenvalue weighted by molar-refractivity contribution is 0.0986. The average molecular weight is 136 g/mol. The average Bonchev–Trinajstić information content (AvgIpc) is 2.39. The lowest BCUT2D eigenvalue weighted by Gasteiger charge is -2.00. The van der Waals surface area contributed by atoms with Gasteiger partial charge in [0.25, 0.3) is 0 Å². The number of fused-ring (bicyclic) bond motifs is 1. The number of aromatic nitrogens is 2. The first-order valence-corrected chi connectivity index (χ1v) is 3.35. The molecular weight excluding hydrogens is 128 g/mol. The molecule has 1 aliphatic heterocycles. The van der Waals surface area contributed by atoms with Crippen LogP contribution in [-0.4, -0.2) is 15.3 Å². The Balaban J connectivity index is 2.58. The van der Waals surface area contributed by atoms with Crippen molar-refractivity contribution in [3.05, 3.63) is 18.2 Å². The monoisotopic (exact) mass is 136 g/mol. The number of hydrogen-bond donors (Lipinski definition) is 0. The normalized spacial score (nSPS) is 23.3. The topological polar surface area (TPSA) is 34.9 Å². The van der Waals surface area contributed by atoms with Crippen LogP contribution in [0.25, 0.3) is 0 Å². The number of rotatable bonds is 0. The van der Waals surface area contributed by atoms with E-state index in [4.69, 9.17) is 0 Å². The maximum absolute atomic E-state index is 11.1. The predicted molar refractivity (Wildman–Crippen MR) is 35.9 cm³/mol. The van der Waals surface area contributed by atoms with Crippen LogP contribution in [0.3, 0.4) is 0 Å². The number of carbonyl (C=O) groups excluding carboxylic acids is 1. The van der Waals surface area contributed by atoms with Gasteiger partial charge in [0.05, 0.1) is 0 Å². The number of Topliss-reactive ketones (excluding diaryl/α,β-unsaturated/α-hetero) is 1. The lowest BCUT2D eigenvalue weighted by Crippen LogP contribution is -1.95. The molecule has 0 aromatic carbocycles. The summed E-state index contributed by atoms with van der Waals surface area (Å²) in [7, 11) is 0. The van der Waals surface area contributed by atoms with Gasteiger partial charge in [0.1, 0.15) is 0 Å². The van der Waals surface area contributed by atoms with Crippen molar-refractivity contribution in [1.29, 1.82) is 0 Å². The van der Waals surface area contributed by atoms with Crippen molar-refractivity contribution >= 4 is 5.78 Å². The number of hydrogen-bond acceptors (Lipinski definition) is 2. The minimum atomic E-state index is 0.164. The fourth-order valence-electron chi connectivity index (χ4n) is 1.34. The van der Waals surface area contributed by atoms with E-state index < -0.39 is 0 Å². The van der Waals surface area contributed by atoms with Crippen molar-refractivity contribution in [2.45, 2.75) is 19.4 Å². The summed E-state index contributed by atoms with van der Waals surface area (Å²) in [6, 6.07) is 0.310. The zero-order chi connectivity index (χ0) is 7.14. The Bertz CT molecular complexity index is 277. The van der Waals surface area contributed by atoms with Crippen molar-refractivity contribution in [2.24, 2.45) is 0 Å². The van der Waals surface area contributed by atoms with Gasteiger partial charge in [0.15, 0.2) is 11.6 Å². The summed E-state index contributed by atoms with van der Waals surface area (Å²) in [5.41, 5.74) is 0. The van der Waals surface area contributed by atoms with Crippen LogP contribution in [0, 0.1) is 0 Å². The molecule has 0 radical (unpaired) electrons. The molecule has 2 rings (SSSR count). The van der Waals surface area contributed by atoms with Crippen molar-refractivity contribution in [3.63, 3.8) is 0 Å². The SMILES string of the molecule is C[C@@H]1CC(=O)c2nccn21. The van der Waals surface area contributed by atoms with Gasteiger partial charge in [0, 0.05) is 24.9 Å². The largest absolute Gasteiger partial charge is 0.325 e. The zero-order valence-electron chi connectivity index (χ0n) is 5.74. The summed E-state index contributed by atoms with van der Waals surface area (Å²) >= 11 is 0. The molecule has 0 bridgehead atoms. The van der Waals surface area contributed by atoms with Crippen molar-refractivity contribution < 1.29 is 4.79 Å². The van der Waals surface area contributed by atoms with E-state index in [1.165, 1.54) is 0 Å². The van der Waals surface area contributed by atoms with Gasteiger partial charge in [0.2, 0.25) is 0 Å². The van der Waals surface area contributed by atoms with Gasteiger partial charge in [-0.15, -0.1) is 0 Å². The van der Waals surface area contributed by atoms with E-state index in [2.05, 4.69) is 4.98 Å². The molecule has 1 aliphatic rings. The molecule has 3 nitrogen and oxygen atoms in total. The standard InChI is InChI=1S/C7H8N2O/c1-5-4-6(10)7-8-2-3-9(5)7/h2-3,5H,4H2,1H3/t5-/m1/s1.